The van der Waals surface area contributed by atoms with E-state index in [1.165, 1.54) is 12.2 Å². The van der Waals surface area contributed by atoms with Gasteiger partial charge in [-0.05, 0) is 23.3 Å². The van der Waals surface area contributed by atoms with Gasteiger partial charge >= 0.3 is 23.9 Å². The first-order valence-corrected chi connectivity index (χ1v) is 8.70. The van der Waals surface area contributed by atoms with Crippen LogP contribution in [-0.4, -0.2) is 46.3 Å². The summed E-state index contributed by atoms with van der Waals surface area (Å²) in [6, 6.07) is 17.2. The molecule has 30 heavy (non-hydrogen) atoms. The fraction of sp³-hybridized carbons (Fsp3) is 0.0909. The van der Waals surface area contributed by atoms with E-state index in [0.29, 0.717) is 11.1 Å². The molecule has 0 amide bonds. The van der Waals surface area contributed by atoms with Crippen molar-refractivity contribution in [1.82, 2.24) is 0 Å². The van der Waals surface area contributed by atoms with Crippen LogP contribution >= 0.6 is 0 Å². The Bertz CT molecular complexity index is 868. The maximum Gasteiger partial charge on any atom is 0.349 e. The molecule has 0 saturated heterocycles. The van der Waals surface area contributed by atoms with Crippen LogP contribution in [0.5, 0.6) is 0 Å². The quantitative estimate of drug-likeness (QED) is 0.477. The summed E-state index contributed by atoms with van der Waals surface area (Å²) in [5, 5.41) is 18.5. The number of aliphatic carboxylic acids is 2. The molecule has 2 atom stereocenters. The van der Waals surface area contributed by atoms with E-state index in [0.717, 1.165) is 12.2 Å². The smallest absolute Gasteiger partial charge is 0.349 e. The molecule has 0 aliphatic carbocycles. The molecule has 2 N–H and O–H groups in total. The average molecular weight is 410 g/mol. The van der Waals surface area contributed by atoms with Crippen LogP contribution in [0.1, 0.15) is 11.1 Å². The van der Waals surface area contributed by atoms with Crippen molar-refractivity contribution in [2.45, 2.75) is 12.2 Å². The Morgan fingerprint density at radius 3 is 1.27 bits per heavy atom. The summed E-state index contributed by atoms with van der Waals surface area (Å²) in [6.07, 6.45) is 0.161. The van der Waals surface area contributed by atoms with Gasteiger partial charge in [-0.2, -0.15) is 0 Å². The first kappa shape index (κ1) is 22.1. The summed E-state index contributed by atoms with van der Waals surface area (Å²) >= 11 is 0. The molecule has 0 radical (unpaired) electrons. The summed E-state index contributed by atoms with van der Waals surface area (Å²) in [5.41, 5.74) is 1.29. The van der Waals surface area contributed by atoms with Gasteiger partial charge in [-0.1, -0.05) is 60.7 Å². The zero-order chi connectivity index (χ0) is 21.9. The van der Waals surface area contributed by atoms with E-state index in [1.54, 1.807) is 60.7 Å². The van der Waals surface area contributed by atoms with Gasteiger partial charge in [-0.3, -0.25) is 0 Å². The van der Waals surface area contributed by atoms with E-state index in [4.69, 9.17) is 9.47 Å². The number of ether oxygens (including phenoxy) is 2. The van der Waals surface area contributed by atoms with Crippen LogP contribution in [0, 0.1) is 0 Å². The fourth-order valence-corrected chi connectivity index (χ4v) is 2.27. The van der Waals surface area contributed by atoms with Crippen LogP contribution in [0.2, 0.25) is 0 Å². The van der Waals surface area contributed by atoms with Gasteiger partial charge < -0.3 is 19.7 Å². The van der Waals surface area contributed by atoms with Crippen LogP contribution in [0.25, 0.3) is 12.2 Å². The van der Waals surface area contributed by atoms with Gasteiger partial charge in [0.2, 0.25) is 12.2 Å². The number of carboxylic acid groups (broad SMARTS) is 2. The van der Waals surface area contributed by atoms with E-state index in [2.05, 4.69) is 0 Å². The van der Waals surface area contributed by atoms with Gasteiger partial charge in [0.15, 0.2) is 0 Å². The number of benzene rings is 2. The molecule has 2 aromatic carbocycles. The molecule has 154 valence electrons. The van der Waals surface area contributed by atoms with Gasteiger partial charge in [-0.15, -0.1) is 0 Å². The van der Waals surface area contributed by atoms with Crippen molar-refractivity contribution in [2.75, 3.05) is 0 Å². The minimum absolute atomic E-state index is 0.647. The number of esters is 2. The van der Waals surface area contributed by atoms with Gasteiger partial charge in [0.05, 0.1) is 0 Å². The lowest BCUT2D eigenvalue weighted by molar-refractivity contribution is -0.183. The van der Waals surface area contributed by atoms with Crippen LogP contribution < -0.4 is 0 Å². The van der Waals surface area contributed by atoms with Crippen LogP contribution in [-0.2, 0) is 28.7 Å². The Labute approximate surface area is 171 Å². The Balaban J connectivity index is 2.07. The normalized spacial score (nSPS) is 12.9. The molecular weight excluding hydrogens is 392 g/mol. The SMILES string of the molecule is O=C(/C=C/c1ccccc1)OC(C(=O)O)C(OC(=O)/C=C/c1ccccc1)C(=O)O. The van der Waals surface area contributed by atoms with Crippen molar-refractivity contribution in [2.24, 2.45) is 0 Å². The summed E-state index contributed by atoms with van der Waals surface area (Å²) in [5.74, 6) is -5.76. The van der Waals surface area contributed by atoms with Gasteiger partial charge in [0, 0.05) is 12.2 Å². The van der Waals surface area contributed by atoms with Crippen LogP contribution in [0.4, 0.5) is 0 Å². The highest BCUT2D eigenvalue weighted by Crippen LogP contribution is 2.10. The first-order valence-electron chi connectivity index (χ1n) is 8.70. The Hall–Kier alpha value is -4.20. The van der Waals surface area contributed by atoms with E-state index < -0.39 is 36.1 Å². The monoisotopic (exact) mass is 410 g/mol. The van der Waals surface area contributed by atoms with Crippen LogP contribution in [0.3, 0.4) is 0 Å². The lowest BCUT2D eigenvalue weighted by atomic mass is 10.2. The molecule has 0 aliphatic rings. The van der Waals surface area contributed by atoms with Crippen molar-refractivity contribution >= 4 is 36.0 Å². The van der Waals surface area contributed by atoms with Crippen molar-refractivity contribution < 1.29 is 38.9 Å². The second-order valence-electron chi connectivity index (χ2n) is 5.88. The summed E-state index contributed by atoms with van der Waals surface area (Å²) < 4.78 is 9.43. The zero-order valence-electron chi connectivity index (χ0n) is 15.6. The number of rotatable bonds is 9. The molecule has 0 heterocycles. The number of carboxylic acids is 2. The summed E-state index contributed by atoms with van der Waals surface area (Å²) in [6.45, 7) is 0. The Morgan fingerprint density at radius 2 is 0.967 bits per heavy atom. The molecule has 2 aromatic rings. The largest absolute Gasteiger partial charge is 0.478 e. The maximum atomic E-state index is 11.9. The van der Waals surface area contributed by atoms with Gasteiger partial charge in [0.1, 0.15) is 0 Å². The molecule has 2 rings (SSSR count). The third kappa shape index (κ3) is 7.08. The second-order valence-corrected chi connectivity index (χ2v) is 5.88. The minimum atomic E-state index is -2.23. The Morgan fingerprint density at radius 1 is 0.633 bits per heavy atom. The number of hydrogen-bond donors (Lipinski definition) is 2. The van der Waals surface area contributed by atoms with Gasteiger partial charge in [0.25, 0.3) is 0 Å². The lowest BCUT2D eigenvalue weighted by Crippen LogP contribution is -2.45. The maximum absolute atomic E-state index is 11.9. The minimum Gasteiger partial charge on any atom is -0.478 e. The molecule has 8 nitrogen and oxygen atoms in total. The van der Waals surface area contributed by atoms with Gasteiger partial charge in [-0.25, -0.2) is 19.2 Å². The van der Waals surface area contributed by atoms with Crippen molar-refractivity contribution in [3.8, 4) is 0 Å². The second kappa shape index (κ2) is 11.0. The summed E-state index contributed by atoms with van der Waals surface area (Å²) in [7, 11) is 0. The van der Waals surface area contributed by atoms with E-state index in [9.17, 15) is 29.4 Å². The highest BCUT2D eigenvalue weighted by molar-refractivity contribution is 5.93. The molecular formula is C22H18O8. The highest BCUT2D eigenvalue weighted by atomic mass is 16.6. The first-order chi connectivity index (χ1) is 14.4. The third-order valence-corrected chi connectivity index (χ3v) is 3.67. The molecule has 0 aliphatic heterocycles. The molecule has 0 fully saturated rings. The fourth-order valence-electron chi connectivity index (χ4n) is 2.27. The highest BCUT2D eigenvalue weighted by Gasteiger charge is 2.40. The van der Waals surface area contributed by atoms with E-state index >= 15 is 0 Å². The van der Waals surface area contributed by atoms with Crippen LogP contribution in [0.15, 0.2) is 72.8 Å². The molecule has 8 heteroatoms. The Kier molecular flexibility index (Phi) is 8.07. The number of hydrogen-bond acceptors (Lipinski definition) is 6. The molecule has 0 aromatic heterocycles. The standard InChI is InChI=1S/C22H18O8/c23-17(13-11-15-7-3-1-4-8-15)29-19(21(25)26)20(22(27)28)30-18(24)14-12-16-9-5-2-6-10-16/h1-14,19-20H,(H,25,26)(H,27,28)/b13-11+,14-12+. The van der Waals surface area contributed by atoms with Crippen molar-refractivity contribution in [3.63, 3.8) is 0 Å². The van der Waals surface area contributed by atoms with E-state index in [-0.39, 0.29) is 0 Å². The molecule has 0 spiro atoms. The predicted octanol–water partition coefficient (Wildman–Crippen LogP) is 2.41. The lowest BCUT2D eigenvalue weighted by Gasteiger charge is -2.19. The third-order valence-electron chi connectivity index (χ3n) is 3.67. The molecule has 0 saturated carbocycles. The zero-order valence-corrected chi connectivity index (χ0v) is 15.6. The van der Waals surface area contributed by atoms with Crippen molar-refractivity contribution in [1.29, 1.82) is 0 Å². The van der Waals surface area contributed by atoms with Crippen molar-refractivity contribution in [3.05, 3.63) is 83.9 Å². The predicted molar refractivity (Wildman–Crippen MR) is 106 cm³/mol. The summed E-state index contributed by atoms with van der Waals surface area (Å²) in [4.78, 5) is 46.8. The molecule has 0 bridgehead atoms. The van der Waals surface area contributed by atoms with E-state index in [1.807, 2.05) is 0 Å². The number of carbonyl (C=O) groups is 4. The number of carbonyl (C=O) groups excluding carboxylic acids is 2. The average Bonchev–Trinajstić information content (AvgIpc) is 2.74. The molecule has 2 unspecified atom stereocenters. The topological polar surface area (TPSA) is 127 Å².